The summed E-state index contributed by atoms with van der Waals surface area (Å²) in [6, 6.07) is 21.7. The number of carbonyl (C=O) groups is 2. The Kier molecular flexibility index (Phi) is 8.41. The number of anilines is 2. The largest absolute Gasteiger partial charge is 0.481 e. The fourth-order valence-electron chi connectivity index (χ4n) is 2.87. The highest BCUT2D eigenvalue weighted by molar-refractivity contribution is 9.11. The van der Waals surface area contributed by atoms with E-state index in [2.05, 4.69) is 42.5 Å². The summed E-state index contributed by atoms with van der Waals surface area (Å²) >= 11 is 6.86. The van der Waals surface area contributed by atoms with E-state index in [4.69, 9.17) is 4.74 Å². The zero-order valence-corrected chi connectivity index (χ0v) is 20.7. The number of amides is 2. The Hall–Kier alpha value is -3.41. The van der Waals surface area contributed by atoms with Gasteiger partial charge in [0.25, 0.3) is 11.8 Å². The van der Waals surface area contributed by atoms with E-state index in [1.54, 1.807) is 36.4 Å². The van der Waals surface area contributed by atoms with E-state index in [0.717, 1.165) is 11.3 Å². The SMILES string of the molecule is Cc1ccccc1NC(=O)COc1c(Br)cc(/C=C(\C#N)C(=O)Nc2ccccc2)cc1Br. The summed E-state index contributed by atoms with van der Waals surface area (Å²) in [5, 5.41) is 14.9. The van der Waals surface area contributed by atoms with Crippen LogP contribution < -0.4 is 15.4 Å². The van der Waals surface area contributed by atoms with Crippen molar-refractivity contribution in [1.29, 1.82) is 5.26 Å². The van der Waals surface area contributed by atoms with Crippen LogP contribution in [0.1, 0.15) is 11.1 Å². The standard InChI is InChI=1S/C25H19Br2N3O3/c1-16-7-5-6-10-22(16)30-23(31)15-33-24-20(26)12-17(13-21(24)27)11-18(14-28)25(32)29-19-8-3-2-4-9-19/h2-13H,15H2,1H3,(H,29,32)(H,30,31)/b18-11+. The third-order valence-electron chi connectivity index (χ3n) is 4.50. The highest BCUT2D eigenvalue weighted by atomic mass is 79.9. The van der Waals surface area contributed by atoms with E-state index in [1.165, 1.54) is 6.08 Å². The summed E-state index contributed by atoms with van der Waals surface area (Å²) in [6.07, 6.45) is 1.47. The quantitative estimate of drug-likeness (QED) is 0.267. The molecule has 0 aliphatic heterocycles. The molecule has 0 bridgehead atoms. The van der Waals surface area contributed by atoms with Gasteiger partial charge in [-0.15, -0.1) is 0 Å². The number of nitrogens with zero attached hydrogens (tertiary/aromatic N) is 1. The van der Waals surface area contributed by atoms with Gasteiger partial charge in [-0.3, -0.25) is 9.59 Å². The zero-order chi connectivity index (χ0) is 23.8. The second kappa shape index (κ2) is 11.5. The van der Waals surface area contributed by atoms with Crippen LogP contribution in [0.4, 0.5) is 11.4 Å². The first kappa shape index (κ1) is 24.2. The minimum absolute atomic E-state index is 0.0519. The molecule has 0 aliphatic rings. The molecule has 0 spiro atoms. The molecule has 0 atom stereocenters. The van der Waals surface area contributed by atoms with Crippen molar-refractivity contribution in [2.24, 2.45) is 0 Å². The maximum absolute atomic E-state index is 12.4. The Labute approximate surface area is 208 Å². The van der Waals surface area contributed by atoms with Crippen molar-refractivity contribution in [1.82, 2.24) is 0 Å². The summed E-state index contributed by atoms with van der Waals surface area (Å²) in [6.45, 7) is 1.72. The van der Waals surface area contributed by atoms with Gasteiger partial charge in [-0.2, -0.15) is 5.26 Å². The first-order valence-electron chi connectivity index (χ1n) is 9.83. The molecule has 2 amide bonds. The topological polar surface area (TPSA) is 91.2 Å². The number of benzene rings is 3. The van der Waals surface area contributed by atoms with Crippen LogP contribution >= 0.6 is 31.9 Å². The Balaban J connectivity index is 1.70. The number of nitrogens with one attached hydrogen (secondary N) is 2. The van der Waals surface area contributed by atoms with E-state index in [-0.39, 0.29) is 18.1 Å². The van der Waals surface area contributed by atoms with Crippen molar-refractivity contribution < 1.29 is 14.3 Å². The van der Waals surface area contributed by atoms with Crippen molar-refractivity contribution in [3.63, 3.8) is 0 Å². The fourth-order valence-corrected chi connectivity index (χ4v) is 4.32. The van der Waals surface area contributed by atoms with E-state index in [0.29, 0.717) is 25.9 Å². The minimum atomic E-state index is -0.510. The first-order valence-corrected chi connectivity index (χ1v) is 11.4. The van der Waals surface area contributed by atoms with Crippen molar-refractivity contribution in [2.45, 2.75) is 6.92 Å². The van der Waals surface area contributed by atoms with Crippen molar-refractivity contribution in [2.75, 3.05) is 17.2 Å². The second-order valence-corrected chi connectivity index (χ2v) is 8.66. The summed E-state index contributed by atoms with van der Waals surface area (Å²) in [5.41, 5.74) is 2.82. The molecular formula is C25H19Br2N3O3. The molecule has 0 fully saturated rings. The lowest BCUT2D eigenvalue weighted by molar-refractivity contribution is -0.118. The van der Waals surface area contributed by atoms with Crippen molar-refractivity contribution in [3.05, 3.63) is 92.4 Å². The Morgan fingerprint density at radius 1 is 1.00 bits per heavy atom. The van der Waals surface area contributed by atoms with E-state index in [1.807, 2.05) is 43.3 Å². The van der Waals surface area contributed by atoms with Crippen molar-refractivity contribution >= 4 is 61.1 Å². The highest BCUT2D eigenvalue weighted by Gasteiger charge is 2.14. The Morgan fingerprint density at radius 3 is 2.27 bits per heavy atom. The lowest BCUT2D eigenvalue weighted by atomic mass is 10.1. The third-order valence-corrected chi connectivity index (χ3v) is 5.67. The van der Waals surface area contributed by atoms with Gasteiger partial charge in [-0.1, -0.05) is 36.4 Å². The molecule has 33 heavy (non-hydrogen) atoms. The average molecular weight is 569 g/mol. The van der Waals surface area contributed by atoms with Crippen LogP contribution in [0.3, 0.4) is 0 Å². The number of aryl methyl sites for hydroxylation is 1. The molecule has 166 valence electrons. The number of hydrogen-bond acceptors (Lipinski definition) is 4. The predicted octanol–water partition coefficient (Wildman–Crippen LogP) is 6.08. The Morgan fingerprint density at radius 2 is 1.64 bits per heavy atom. The molecule has 3 aromatic rings. The maximum Gasteiger partial charge on any atom is 0.266 e. The molecule has 0 aromatic heterocycles. The lowest BCUT2D eigenvalue weighted by Gasteiger charge is -2.12. The maximum atomic E-state index is 12.4. The van der Waals surface area contributed by atoms with E-state index in [9.17, 15) is 14.9 Å². The smallest absolute Gasteiger partial charge is 0.266 e. The molecule has 2 N–H and O–H groups in total. The molecule has 3 rings (SSSR count). The minimum Gasteiger partial charge on any atom is -0.481 e. The van der Waals surface area contributed by atoms with Gasteiger partial charge >= 0.3 is 0 Å². The molecule has 8 heteroatoms. The van der Waals surface area contributed by atoms with Crippen LogP contribution in [0, 0.1) is 18.3 Å². The van der Waals surface area contributed by atoms with Crippen LogP contribution in [-0.4, -0.2) is 18.4 Å². The summed E-state index contributed by atoms with van der Waals surface area (Å²) in [5.74, 6) is -0.375. The molecule has 0 radical (unpaired) electrons. The second-order valence-electron chi connectivity index (χ2n) is 6.96. The van der Waals surface area contributed by atoms with Gasteiger partial charge in [0.05, 0.1) is 8.95 Å². The number of rotatable bonds is 7. The number of carbonyl (C=O) groups excluding carboxylic acids is 2. The first-order chi connectivity index (χ1) is 15.9. The van der Waals surface area contributed by atoms with Crippen LogP contribution in [0.2, 0.25) is 0 Å². The molecule has 0 aliphatic carbocycles. The summed E-state index contributed by atoms with van der Waals surface area (Å²) in [7, 11) is 0. The number of halogens is 2. The van der Waals surface area contributed by atoms with E-state index < -0.39 is 5.91 Å². The van der Waals surface area contributed by atoms with Gasteiger partial charge in [0.2, 0.25) is 0 Å². The van der Waals surface area contributed by atoms with Crippen molar-refractivity contribution in [3.8, 4) is 11.8 Å². The van der Waals surface area contributed by atoms with Gasteiger partial charge in [0, 0.05) is 11.4 Å². The monoisotopic (exact) mass is 567 g/mol. The van der Waals surface area contributed by atoms with Gasteiger partial charge in [0.15, 0.2) is 6.61 Å². The van der Waals surface area contributed by atoms with Gasteiger partial charge in [0.1, 0.15) is 17.4 Å². The van der Waals surface area contributed by atoms with Crippen LogP contribution in [0.25, 0.3) is 6.08 Å². The number of hydrogen-bond donors (Lipinski definition) is 2. The van der Waals surface area contributed by atoms with Crippen LogP contribution in [0.15, 0.2) is 81.2 Å². The van der Waals surface area contributed by atoms with Gasteiger partial charge < -0.3 is 15.4 Å². The van der Waals surface area contributed by atoms with Gasteiger partial charge in [-0.05, 0) is 86.3 Å². The molecule has 3 aromatic carbocycles. The molecule has 0 unspecified atom stereocenters. The molecule has 0 saturated carbocycles. The summed E-state index contributed by atoms with van der Waals surface area (Å²) in [4.78, 5) is 24.7. The summed E-state index contributed by atoms with van der Waals surface area (Å²) < 4.78 is 6.81. The zero-order valence-electron chi connectivity index (χ0n) is 17.6. The lowest BCUT2D eigenvalue weighted by Crippen LogP contribution is -2.20. The predicted molar refractivity (Wildman–Crippen MR) is 136 cm³/mol. The molecule has 0 saturated heterocycles. The third kappa shape index (κ3) is 6.78. The Bertz CT molecular complexity index is 1230. The fraction of sp³-hybridized carbons (Fsp3) is 0.0800. The van der Waals surface area contributed by atoms with Gasteiger partial charge in [-0.25, -0.2) is 0 Å². The van der Waals surface area contributed by atoms with E-state index >= 15 is 0 Å². The molecule has 6 nitrogen and oxygen atoms in total. The molecule has 0 heterocycles. The normalized spacial score (nSPS) is 10.8. The average Bonchev–Trinajstić information content (AvgIpc) is 2.79. The number of ether oxygens (including phenoxy) is 1. The molecular weight excluding hydrogens is 550 g/mol. The van der Waals surface area contributed by atoms with Crippen LogP contribution in [-0.2, 0) is 9.59 Å². The highest BCUT2D eigenvalue weighted by Crippen LogP contribution is 2.35. The number of nitriles is 1. The number of para-hydroxylation sites is 2. The van der Waals surface area contributed by atoms with Crippen LogP contribution in [0.5, 0.6) is 5.75 Å².